The van der Waals surface area contributed by atoms with Crippen molar-refractivity contribution in [2.75, 3.05) is 20.2 Å². The Balaban J connectivity index is 1.52. The molecule has 3 aromatic rings. The van der Waals surface area contributed by atoms with Crippen molar-refractivity contribution in [2.24, 2.45) is 0 Å². The molecular weight excluding hydrogens is 330 g/mol. The number of fused-ring (bicyclic) bond motifs is 1. The van der Waals surface area contributed by atoms with Gasteiger partial charge in [0.15, 0.2) is 0 Å². The van der Waals surface area contributed by atoms with Gasteiger partial charge in [-0.05, 0) is 38.0 Å². The molecule has 0 bridgehead atoms. The minimum absolute atomic E-state index is 0.0403. The van der Waals surface area contributed by atoms with Crippen LogP contribution in [-0.2, 0) is 11.3 Å². The number of hydrogen-bond acceptors (Lipinski definition) is 4. The molecule has 1 fully saturated rings. The molecule has 0 spiro atoms. The Morgan fingerprint density at radius 2 is 2.23 bits per heavy atom. The number of aromatic amines is 1. The maximum absolute atomic E-state index is 12.7. The molecule has 4 rings (SSSR count). The van der Waals surface area contributed by atoms with Crippen LogP contribution in [0.5, 0.6) is 0 Å². The zero-order chi connectivity index (χ0) is 18.1. The average Bonchev–Trinajstić information content (AvgIpc) is 3.26. The second-order valence-electron chi connectivity index (χ2n) is 6.76. The molecule has 7 heteroatoms. The fourth-order valence-electron chi connectivity index (χ4n) is 3.60. The van der Waals surface area contributed by atoms with E-state index in [-0.39, 0.29) is 12.0 Å². The number of imidazole rings is 1. The summed E-state index contributed by atoms with van der Waals surface area (Å²) in [5.41, 5.74) is 3.39. The molecule has 1 saturated heterocycles. The number of H-pyrrole nitrogens is 1. The van der Waals surface area contributed by atoms with E-state index >= 15 is 0 Å². The lowest BCUT2D eigenvalue weighted by atomic mass is 10.1. The molecule has 26 heavy (non-hydrogen) atoms. The molecular formula is C19H23N5O2. The van der Waals surface area contributed by atoms with Gasteiger partial charge >= 0.3 is 0 Å². The first kappa shape index (κ1) is 16.8. The van der Waals surface area contributed by atoms with Crippen molar-refractivity contribution in [1.82, 2.24) is 24.6 Å². The molecule has 1 aliphatic rings. The van der Waals surface area contributed by atoms with Crippen LogP contribution < -0.4 is 0 Å². The Labute approximate surface area is 152 Å². The van der Waals surface area contributed by atoms with Crippen molar-refractivity contribution in [3.05, 3.63) is 47.5 Å². The monoisotopic (exact) mass is 353 g/mol. The van der Waals surface area contributed by atoms with Crippen molar-refractivity contribution >= 4 is 16.9 Å². The van der Waals surface area contributed by atoms with Gasteiger partial charge in [0.05, 0.1) is 29.4 Å². The lowest BCUT2D eigenvalue weighted by Gasteiger charge is -2.31. The Bertz CT molecular complexity index is 929. The number of aryl methyl sites for hydroxylation is 1. The predicted molar refractivity (Wildman–Crippen MR) is 98.1 cm³/mol. The summed E-state index contributed by atoms with van der Waals surface area (Å²) < 4.78 is 7.53. The van der Waals surface area contributed by atoms with E-state index in [1.807, 2.05) is 36.1 Å². The van der Waals surface area contributed by atoms with E-state index in [0.717, 1.165) is 41.9 Å². The zero-order valence-electron chi connectivity index (χ0n) is 15.1. The minimum atomic E-state index is -0.0403. The summed E-state index contributed by atoms with van der Waals surface area (Å²) in [6.07, 6.45) is 2.08. The Morgan fingerprint density at radius 1 is 1.38 bits per heavy atom. The highest BCUT2D eigenvalue weighted by molar-refractivity contribution is 5.92. The van der Waals surface area contributed by atoms with Crippen LogP contribution in [0.4, 0.5) is 0 Å². The molecule has 3 heterocycles. The van der Waals surface area contributed by atoms with Crippen molar-refractivity contribution in [1.29, 1.82) is 0 Å². The van der Waals surface area contributed by atoms with Crippen LogP contribution in [0, 0.1) is 6.92 Å². The fraction of sp³-hybridized carbons (Fsp3) is 0.421. The molecule has 136 valence electrons. The van der Waals surface area contributed by atoms with Crippen LogP contribution in [0.3, 0.4) is 0 Å². The third-order valence-electron chi connectivity index (χ3n) is 5.02. The molecule has 0 radical (unpaired) electrons. The van der Waals surface area contributed by atoms with Gasteiger partial charge in [0, 0.05) is 20.2 Å². The Morgan fingerprint density at radius 3 is 3.08 bits per heavy atom. The maximum Gasteiger partial charge on any atom is 0.274 e. The number of nitrogens with one attached hydrogen (secondary N) is 1. The summed E-state index contributed by atoms with van der Waals surface area (Å²) in [4.78, 5) is 19.1. The van der Waals surface area contributed by atoms with Crippen LogP contribution in [0.2, 0.25) is 0 Å². The van der Waals surface area contributed by atoms with Gasteiger partial charge in [-0.2, -0.15) is 5.10 Å². The fourth-order valence-corrected chi connectivity index (χ4v) is 3.60. The largest absolute Gasteiger partial charge is 0.380 e. The molecule has 1 unspecified atom stereocenters. The van der Waals surface area contributed by atoms with Crippen LogP contribution in [0.25, 0.3) is 11.0 Å². The summed E-state index contributed by atoms with van der Waals surface area (Å²) in [5.74, 6) is 0.897. The smallest absolute Gasteiger partial charge is 0.274 e. The van der Waals surface area contributed by atoms with Crippen molar-refractivity contribution in [3.63, 3.8) is 0 Å². The van der Waals surface area contributed by atoms with Crippen molar-refractivity contribution < 1.29 is 9.53 Å². The van der Waals surface area contributed by atoms with Gasteiger partial charge in [-0.3, -0.25) is 9.89 Å². The minimum Gasteiger partial charge on any atom is -0.380 e. The first-order chi connectivity index (χ1) is 12.7. The molecule has 1 aliphatic heterocycles. The Hall–Kier alpha value is -2.67. The third kappa shape index (κ3) is 3.10. The lowest BCUT2D eigenvalue weighted by molar-refractivity contribution is 0.0265. The van der Waals surface area contributed by atoms with E-state index in [1.165, 1.54) is 0 Å². The van der Waals surface area contributed by atoms with Crippen LogP contribution in [-0.4, -0.2) is 56.9 Å². The Kier molecular flexibility index (Phi) is 4.46. The number of rotatable bonds is 4. The number of methoxy groups -OCH3 is 1. The molecule has 2 aromatic heterocycles. The highest BCUT2D eigenvalue weighted by Crippen LogP contribution is 2.18. The van der Waals surface area contributed by atoms with Gasteiger partial charge in [-0.1, -0.05) is 12.1 Å². The second kappa shape index (κ2) is 6.92. The molecule has 7 nitrogen and oxygen atoms in total. The van der Waals surface area contributed by atoms with Gasteiger partial charge in [0.2, 0.25) is 0 Å². The summed E-state index contributed by atoms with van der Waals surface area (Å²) in [5, 5.41) is 7.25. The number of amides is 1. The third-order valence-corrected chi connectivity index (χ3v) is 5.02. The molecule has 1 aromatic carbocycles. The highest BCUT2D eigenvalue weighted by atomic mass is 16.5. The molecule has 1 amide bonds. The summed E-state index contributed by atoms with van der Waals surface area (Å²) >= 11 is 0. The number of piperidine rings is 1. The summed E-state index contributed by atoms with van der Waals surface area (Å²) in [6, 6.07) is 9.88. The number of carbonyl (C=O) groups is 1. The van der Waals surface area contributed by atoms with E-state index in [1.54, 1.807) is 7.11 Å². The first-order valence-electron chi connectivity index (χ1n) is 8.94. The number of ether oxygens (including phenoxy) is 1. The maximum atomic E-state index is 12.7. The number of likely N-dealkylation sites (tertiary alicyclic amines) is 1. The molecule has 0 saturated carbocycles. The SMILES string of the molecule is COC1CCCN(C(=O)c2cc(Cn3c(C)nc4ccccc43)[nH]n2)C1. The first-order valence-corrected chi connectivity index (χ1v) is 8.94. The lowest BCUT2D eigenvalue weighted by Crippen LogP contribution is -2.43. The van der Waals surface area contributed by atoms with Gasteiger partial charge in [-0.15, -0.1) is 0 Å². The van der Waals surface area contributed by atoms with Crippen molar-refractivity contribution in [2.45, 2.75) is 32.4 Å². The topological polar surface area (TPSA) is 76.0 Å². The number of nitrogens with zero attached hydrogens (tertiary/aromatic N) is 4. The van der Waals surface area contributed by atoms with E-state index < -0.39 is 0 Å². The number of benzene rings is 1. The number of para-hydroxylation sites is 2. The normalized spacial score (nSPS) is 17.8. The highest BCUT2D eigenvalue weighted by Gasteiger charge is 2.25. The van der Waals surface area contributed by atoms with Gasteiger partial charge in [0.1, 0.15) is 11.5 Å². The van der Waals surface area contributed by atoms with Crippen LogP contribution in [0.1, 0.15) is 34.8 Å². The number of hydrogen-bond donors (Lipinski definition) is 1. The quantitative estimate of drug-likeness (QED) is 0.781. The number of carbonyl (C=O) groups excluding carboxylic acids is 1. The van der Waals surface area contributed by atoms with Crippen molar-refractivity contribution in [3.8, 4) is 0 Å². The van der Waals surface area contributed by atoms with E-state index in [2.05, 4.69) is 25.8 Å². The predicted octanol–water partition coefficient (Wildman–Crippen LogP) is 2.37. The van der Waals surface area contributed by atoms with E-state index in [9.17, 15) is 4.79 Å². The van der Waals surface area contributed by atoms with Crippen LogP contribution in [0.15, 0.2) is 30.3 Å². The van der Waals surface area contributed by atoms with E-state index in [0.29, 0.717) is 18.8 Å². The van der Waals surface area contributed by atoms with Crippen LogP contribution >= 0.6 is 0 Å². The average molecular weight is 353 g/mol. The standard InChI is InChI=1S/C19H23N5O2/c1-13-20-16-7-3-4-8-18(16)24(13)11-14-10-17(22-21-14)19(25)23-9-5-6-15(12-23)26-2/h3-4,7-8,10,15H,5-6,9,11-12H2,1-2H3,(H,21,22). The summed E-state index contributed by atoms with van der Waals surface area (Å²) in [6.45, 7) is 3.98. The molecule has 1 atom stereocenters. The van der Waals surface area contributed by atoms with E-state index in [4.69, 9.17) is 4.74 Å². The second-order valence-corrected chi connectivity index (χ2v) is 6.76. The molecule has 1 N–H and O–H groups in total. The van der Waals surface area contributed by atoms with Gasteiger partial charge < -0.3 is 14.2 Å². The zero-order valence-corrected chi connectivity index (χ0v) is 15.1. The summed E-state index contributed by atoms with van der Waals surface area (Å²) in [7, 11) is 1.70. The van der Waals surface area contributed by atoms with Gasteiger partial charge in [-0.25, -0.2) is 4.98 Å². The van der Waals surface area contributed by atoms with Gasteiger partial charge in [0.25, 0.3) is 5.91 Å². The number of aromatic nitrogens is 4. The molecule has 0 aliphatic carbocycles.